The zero-order valence-corrected chi connectivity index (χ0v) is 8.10. The molecule has 2 aliphatic rings. The fourth-order valence-electron chi connectivity index (χ4n) is 3.25. The van der Waals surface area contributed by atoms with Crippen LogP contribution in [0.1, 0.15) is 46.0 Å². The lowest BCUT2D eigenvalue weighted by atomic mass is 9.66. The highest BCUT2D eigenvalue weighted by atomic mass is 16.1. The smallest absolute Gasteiger partial charge is 0.136 e. The van der Waals surface area contributed by atoms with Crippen LogP contribution < -0.4 is 0 Å². The molecular weight excluding hydrogens is 148 g/mol. The van der Waals surface area contributed by atoms with Crippen LogP contribution in [0, 0.1) is 17.3 Å². The number of carbonyl (C=O) groups is 1. The van der Waals surface area contributed by atoms with E-state index in [0.29, 0.717) is 17.1 Å². The SMILES string of the molecule is C[C@@H]1CC[C@@H]2C(=O)CC[C@]2(C)C1. The zero-order chi connectivity index (χ0) is 8.77. The Balaban J connectivity index is 2.19. The van der Waals surface area contributed by atoms with Crippen LogP contribution in [0.4, 0.5) is 0 Å². The van der Waals surface area contributed by atoms with E-state index in [1.807, 2.05) is 0 Å². The maximum atomic E-state index is 11.5. The molecule has 12 heavy (non-hydrogen) atoms. The summed E-state index contributed by atoms with van der Waals surface area (Å²) in [5.74, 6) is 1.82. The minimum atomic E-state index is 0.384. The first kappa shape index (κ1) is 8.28. The molecule has 2 aliphatic carbocycles. The Morgan fingerprint density at radius 3 is 2.92 bits per heavy atom. The van der Waals surface area contributed by atoms with Crippen LogP contribution in [0.5, 0.6) is 0 Å². The molecule has 2 rings (SSSR count). The van der Waals surface area contributed by atoms with Gasteiger partial charge in [-0.3, -0.25) is 4.79 Å². The van der Waals surface area contributed by atoms with E-state index < -0.39 is 0 Å². The van der Waals surface area contributed by atoms with E-state index >= 15 is 0 Å². The van der Waals surface area contributed by atoms with Crippen molar-refractivity contribution < 1.29 is 4.79 Å². The van der Waals surface area contributed by atoms with Gasteiger partial charge in [0.2, 0.25) is 0 Å². The summed E-state index contributed by atoms with van der Waals surface area (Å²) in [6, 6.07) is 0. The van der Waals surface area contributed by atoms with Gasteiger partial charge >= 0.3 is 0 Å². The van der Waals surface area contributed by atoms with Gasteiger partial charge in [-0.25, -0.2) is 0 Å². The van der Waals surface area contributed by atoms with Gasteiger partial charge in [-0.05, 0) is 37.0 Å². The van der Waals surface area contributed by atoms with Crippen molar-refractivity contribution in [2.45, 2.75) is 46.0 Å². The van der Waals surface area contributed by atoms with Crippen LogP contribution >= 0.6 is 0 Å². The third-order valence-corrected chi connectivity index (χ3v) is 3.94. The minimum Gasteiger partial charge on any atom is -0.299 e. The summed E-state index contributed by atoms with van der Waals surface area (Å²) in [6.07, 6.45) is 5.72. The van der Waals surface area contributed by atoms with E-state index in [1.54, 1.807) is 0 Å². The monoisotopic (exact) mass is 166 g/mol. The Kier molecular flexibility index (Phi) is 1.78. The Labute approximate surface area is 74.5 Å². The molecule has 0 unspecified atom stereocenters. The van der Waals surface area contributed by atoms with Crippen LogP contribution in [-0.4, -0.2) is 5.78 Å². The van der Waals surface area contributed by atoms with Crippen molar-refractivity contribution in [1.82, 2.24) is 0 Å². The van der Waals surface area contributed by atoms with Crippen molar-refractivity contribution in [3.8, 4) is 0 Å². The van der Waals surface area contributed by atoms with Crippen LogP contribution in [0.15, 0.2) is 0 Å². The van der Waals surface area contributed by atoms with Crippen LogP contribution in [-0.2, 0) is 4.79 Å². The third-order valence-electron chi connectivity index (χ3n) is 3.94. The molecular formula is C11H18O. The van der Waals surface area contributed by atoms with E-state index in [0.717, 1.165) is 25.2 Å². The summed E-state index contributed by atoms with van der Waals surface area (Å²) in [4.78, 5) is 11.5. The van der Waals surface area contributed by atoms with Crippen LogP contribution in [0.25, 0.3) is 0 Å². The number of Topliss-reactive ketones (excluding diaryl/α,β-unsaturated/α-hetero) is 1. The Morgan fingerprint density at radius 2 is 2.17 bits per heavy atom. The number of fused-ring (bicyclic) bond motifs is 1. The first-order chi connectivity index (χ1) is 5.62. The molecule has 0 aromatic heterocycles. The Morgan fingerprint density at radius 1 is 1.42 bits per heavy atom. The average molecular weight is 166 g/mol. The van der Waals surface area contributed by atoms with E-state index in [2.05, 4.69) is 13.8 Å². The van der Waals surface area contributed by atoms with Gasteiger partial charge in [-0.2, -0.15) is 0 Å². The predicted octanol–water partition coefficient (Wildman–Crippen LogP) is 2.79. The highest BCUT2D eigenvalue weighted by Gasteiger charge is 2.46. The lowest BCUT2D eigenvalue weighted by Gasteiger charge is -2.38. The molecule has 1 heteroatoms. The normalized spacial score (nSPS) is 47.7. The summed E-state index contributed by atoms with van der Waals surface area (Å²) >= 11 is 0. The lowest BCUT2D eigenvalue weighted by molar-refractivity contribution is -0.123. The molecule has 0 bridgehead atoms. The van der Waals surface area contributed by atoms with Gasteiger partial charge in [-0.1, -0.05) is 13.8 Å². The van der Waals surface area contributed by atoms with E-state index in [-0.39, 0.29) is 0 Å². The van der Waals surface area contributed by atoms with Gasteiger partial charge in [0, 0.05) is 12.3 Å². The Hall–Kier alpha value is -0.330. The molecule has 0 heterocycles. The largest absolute Gasteiger partial charge is 0.299 e. The summed E-state index contributed by atoms with van der Waals surface area (Å²) in [6.45, 7) is 4.64. The Bertz CT molecular complexity index is 209. The molecule has 0 spiro atoms. The fourth-order valence-corrected chi connectivity index (χ4v) is 3.25. The molecule has 3 atom stereocenters. The topological polar surface area (TPSA) is 17.1 Å². The summed E-state index contributed by atoms with van der Waals surface area (Å²) in [5.41, 5.74) is 0.384. The van der Waals surface area contributed by atoms with Crippen molar-refractivity contribution in [2.24, 2.45) is 17.3 Å². The number of hydrogen-bond acceptors (Lipinski definition) is 1. The highest BCUT2D eigenvalue weighted by molar-refractivity contribution is 5.84. The molecule has 0 N–H and O–H groups in total. The third kappa shape index (κ3) is 1.10. The molecule has 0 radical (unpaired) electrons. The van der Waals surface area contributed by atoms with Gasteiger partial charge in [0.05, 0.1) is 0 Å². The van der Waals surface area contributed by atoms with Crippen molar-refractivity contribution in [2.75, 3.05) is 0 Å². The first-order valence-electron chi connectivity index (χ1n) is 5.14. The molecule has 0 saturated heterocycles. The standard InChI is InChI=1S/C11H18O/c1-8-3-4-9-10(12)5-6-11(9,2)7-8/h8-9H,3-7H2,1-2H3/t8-,9-,11-/m1/s1. The molecule has 0 aromatic carbocycles. The molecule has 2 saturated carbocycles. The average Bonchev–Trinajstić information content (AvgIpc) is 2.27. The van der Waals surface area contributed by atoms with Crippen molar-refractivity contribution >= 4 is 5.78 Å². The molecule has 0 aliphatic heterocycles. The van der Waals surface area contributed by atoms with Gasteiger partial charge in [0.15, 0.2) is 0 Å². The number of hydrogen-bond donors (Lipinski definition) is 0. The number of carbonyl (C=O) groups excluding carboxylic acids is 1. The predicted molar refractivity (Wildman–Crippen MR) is 48.9 cm³/mol. The van der Waals surface area contributed by atoms with Crippen molar-refractivity contribution in [1.29, 1.82) is 0 Å². The van der Waals surface area contributed by atoms with Gasteiger partial charge in [-0.15, -0.1) is 0 Å². The van der Waals surface area contributed by atoms with E-state index in [1.165, 1.54) is 12.8 Å². The van der Waals surface area contributed by atoms with E-state index in [4.69, 9.17) is 0 Å². The van der Waals surface area contributed by atoms with Gasteiger partial charge in [0.1, 0.15) is 5.78 Å². The maximum absolute atomic E-state index is 11.5. The second-order valence-corrected chi connectivity index (χ2v) is 5.06. The minimum absolute atomic E-state index is 0.384. The van der Waals surface area contributed by atoms with Crippen LogP contribution in [0.2, 0.25) is 0 Å². The molecule has 0 aromatic rings. The number of ketones is 1. The molecule has 2 fully saturated rings. The maximum Gasteiger partial charge on any atom is 0.136 e. The zero-order valence-electron chi connectivity index (χ0n) is 8.10. The van der Waals surface area contributed by atoms with Gasteiger partial charge < -0.3 is 0 Å². The summed E-state index contributed by atoms with van der Waals surface area (Å²) < 4.78 is 0. The van der Waals surface area contributed by atoms with E-state index in [9.17, 15) is 4.79 Å². The second kappa shape index (κ2) is 2.58. The highest BCUT2D eigenvalue weighted by Crippen LogP contribution is 2.51. The molecule has 68 valence electrons. The van der Waals surface area contributed by atoms with Gasteiger partial charge in [0.25, 0.3) is 0 Å². The van der Waals surface area contributed by atoms with Crippen molar-refractivity contribution in [3.63, 3.8) is 0 Å². The number of rotatable bonds is 0. The van der Waals surface area contributed by atoms with Crippen molar-refractivity contribution in [3.05, 3.63) is 0 Å². The summed E-state index contributed by atoms with van der Waals surface area (Å²) in [7, 11) is 0. The first-order valence-corrected chi connectivity index (χ1v) is 5.14. The summed E-state index contributed by atoms with van der Waals surface area (Å²) in [5, 5.41) is 0. The molecule has 1 nitrogen and oxygen atoms in total. The fraction of sp³-hybridized carbons (Fsp3) is 0.909. The quantitative estimate of drug-likeness (QED) is 0.541. The second-order valence-electron chi connectivity index (χ2n) is 5.06. The molecule has 0 amide bonds. The van der Waals surface area contributed by atoms with Crippen LogP contribution in [0.3, 0.4) is 0 Å². The lowest BCUT2D eigenvalue weighted by Crippen LogP contribution is -2.32.